The first-order valence-electron chi connectivity index (χ1n) is 3.12. The van der Waals surface area contributed by atoms with Crippen LogP contribution in [0.1, 0.15) is 13.8 Å². The molecule has 3 nitrogen and oxygen atoms in total. The number of hydrogen-bond acceptors (Lipinski definition) is 3. The zero-order valence-corrected chi connectivity index (χ0v) is 5.92. The standard InChI is InChI=1S/C6H14N2O/c1-5(2)8-6(3-7)4-9/h4-6,8H,3,7H2,1-2H3. The average Bonchev–Trinajstić information content (AvgIpc) is 1.82. The summed E-state index contributed by atoms with van der Waals surface area (Å²) in [4.78, 5) is 10.1. The van der Waals surface area contributed by atoms with Crippen LogP contribution in [0.25, 0.3) is 0 Å². The second kappa shape index (κ2) is 4.47. The summed E-state index contributed by atoms with van der Waals surface area (Å²) < 4.78 is 0. The number of rotatable bonds is 4. The van der Waals surface area contributed by atoms with Gasteiger partial charge < -0.3 is 15.8 Å². The summed E-state index contributed by atoms with van der Waals surface area (Å²) in [7, 11) is 0. The zero-order chi connectivity index (χ0) is 7.28. The molecule has 0 saturated carbocycles. The third-order valence-electron chi connectivity index (χ3n) is 0.966. The molecule has 3 N–H and O–H groups in total. The van der Waals surface area contributed by atoms with Crippen molar-refractivity contribution in [3.05, 3.63) is 0 Å². The van der Waals surface area contributed by atoms with E-state index < -0.39 is 0 Å². The van der Waals surface area contributed by atoms with Crippen LogP contribution in [0.15, 0.2) is 0 Å². The quantitative estimate of drug-likeness (QED) is 0.505. The molecule has 0 spiro atoms. The summed E-state index contributed by atoms with van der Waals surface area (Å²) in [6.07, 6.45) is 0.833. The normalized spacial score (nSPS) is 13.8. The van der Waals surface area contributed by atoms with E-state index in [2.05, 4.69) is 5.32 Å². The number of carbonyl (C=O) groups is 1. The lowest BCUT2D eigenvalue weighted by molar-refractivity contribution is -0.109. The first-order valence-corrected chi connectivity index (χ1v) is 3.12. The third kappa shape index (κ3) is 4.12. The molecule has 54 valence electrons. The van der Waals surface area contributed by atoms with Crippen LogP contribution in [0.4, 0.5) is 0 Å². The predicted octanol–water partition coefficient (Wildman–Crippen LogP) is -0.489. The molecule has 0 aromatic carbocycles. The van der Waals surface area contributed by atoms with Crippen molar-refractivity contribution < 1.29 is 4.79 Å². The molecule has 1 unspecified atom stereocenters. The van der Waals surface area contributed by atoms with Crippen molar-refractivity contribution in [2.24, 2.45) is 5.73 Å². The van der Waals surface area contributed by atoms with Crippen molar-refractivity contribution in [3.63, 3.8) is 0 Å². The van der Waals surface area contributed by atoms with Gasteiger partial charge in [0, 0.05) is 12.6 Å². The molecule has 0 amide bonds. The van der Waals surface area contributed by atoms with Gasteiger partial charge in [0.25, 0.3) is 0 Å². The number of nitrogens with two attached hydrogens (primary N) is 1. The van der Waals surface area contributed by atoms with Crippen molar-refractivity contribution in [2.45, 2.75) is 25.9 Å². The van der Waals surface area contributed by atoms with E-state index in [4.69, 9.17) is 5.73 Å². The molecule has 0 saturated heterocycles. The SMILES string of the molecule is CC(C)NC(C=O)CN. The molecule has 0 aliphatic heterocycles. The van der Waals surface area contributed by atoms with Gasteiger partial charge in [-0.3, -0.25) is 0 Å². The Balaban J connectivity index is 3.42. The highest BCUT2D eigenvalue weighted by Crippen LogP contribution is 1.79. The van der Waals surface area contributed by atoms with Gasteiger partial charge in [-0.25, -0.2) is 0 Å². The van der Waals surface area contributed by atoms with Gasteiger partial charge in [0.05, 0.1) is 6.04 Å². The van der Waals surface area contributed by atoms with Gasteiger partial charge >= 0.3 is 0 Å². The van der Waals surface area contributed by atoms with Gasteiger partial charge in [-0.15, -0.1) is 0 Å². The minimum atomic E-state index is -0.176. The van der Waals surface area contributed by atoms with Crippen molar-refractivity contribution in [1.29, 1.82) is 0 Å². The lowest BCUT2D eigenvalue weighted by atomic mass is 10.3. The Morgan fingerprint density at radius 3 is 2.33 bits per heavy atom. The van der Waals surface area contributed by atoms with Crippen LogP contribution in [0.3, 0.4) is 0 Å². The van der Waals surface area contributed by atoms with E-state index >= 15 is 0 Å². The summed E-state index contributed by atoms with van der Waals surface area (Å²) in [5, 5.41) is 2.99. The van der Waals surface area contributed by atoms with Crippen molar-refractivity contribution in [3.8, 4) is 0 Å². The molecule has 0 radical (unpaired) electrons. The summed E-state index contributed by atoms with van der Waals surface area (Å²) in [6, 6.07) is 0.147. The molecule has 0 aromatic rings. The Hall–Kier alpha value is -0.410. The van der Waals surface area contributed by atoms with E-state index in [-0.39, 0.29) is 6.04 Å². The summed E-state index contributed by atoms with van der Waals surface area (Å²) in [5.74, 6) is 0. The predicted molar refractivity (Wildman–Crippen MR) is 37.2 cm³/mol. The first-order chi connectivity index (χ1) is 4.20. The van der Waals surface area contributed by atoms with E-state index in [1.165, 1.54) is 0 Å². The maximum absolute atomic E-state index is 10.1. The van der Waals surface area contributed by atoms with E-state index in [1.807, 2.05) is 13.8 Å². The lowest BCUT2D eigenvalue weighted by Crippen LogP contribution is -2.41. The zero-order valence-electron chi connectivity index (χ0n) is 5.92. The highest BCUT2D eigenvalue weighted by molar-refractivity contribution is 5.57. The van der Waals surface area contributed by atoms with Crippen molar-refractivity contribution in [2.75, 3.05) is 6.54 Å². The Bertz CT molecular complexity index is 83.1. The molecule has 0 aromatic heterocycles. The molecule has 0 aliphatic carbocycles. The molecule has 0 heterocycles. The van der Waals surface area contributed by atoms with Crippen molar-refractivity contribution >= 4 is 6.29 Å². The Morgan fingerprint density at radius 2 is 2.22 bits per heavy atom. The lowest BCUT2D eigenvalue weighted by Gasteiger charge is -2.12. The molecule has 3 heteroatoms. The molecule has 9 heavy (non-hydrogen) atoms. The van der Waals surface area contributed by atoms with Gasteiger partial charge in [-0.1, -0.05) is 13.8 Å². The maximum atomic E-state index is 10.1. The van der Waals surface area contributed by atoms with Crippen LogP contribution < -0.4 is 11.1 Å². The summed E-state index contributed by atoms with van der Waals surface area (Å²) in [6.45, 7) is 4.33. The van der Waals surface area contributed by atoms with Gasteiger partial charge in [0.1, 0.15) is 6.29 Å². The average molecular weight is 130 g/mol. The molecule has 0 rings (SSSR count). The van der Waals surface area contributed by atoms with E-state index in [1.54, 1.807) is 0 Å². The molecule has 0 aliphatic rings. The van der Waals surface area contributed by atoms with E-state index in [0.717, 1.165) is 6.29 Å². The topological polar surface area (TPSA) is 55.1 Å². The van der Waals surface area contributed by atoms with E-state index in [9.17, 15) is 4.79 Å². The first kappa shape index (κ1) is 8.59. The highest BCUT2D eigenvalue weighted by atomic mass is 16.1. The fraction of sp³-hybridized carbons (Fsp3) is 0.833. The van der Waals surface area contributed by atoms with Crippen LogP contribution in [0.5, 0.6) is 0 Å². The van der Waals surface area contributed by atoms with Crippen LogP contribution in [-0.2, 0) is 4.79 Å². The summed E-state index contributed by atoms with van der Waals surface area (Å²) >= 11 is 0. The Kier molecular flexibility index (Phi) is 4.26. The van der Waals surface area contributed by atoms with Crippen molar-refractivity contribution in [1.82, 2.24) is 5.32 Å². The molecule has 0 fully saturated rings. The Morgan fingerprint density at radius 1 is 1.67 bits per heavy atom. The minimum absolute atomic E-state index is 0.176. The monoisotopic (exact) mass is 130 g/mol. The number of hydrogen-bond donors (Lipinski definition) is 2. The van der Waals surface area contributed by atoms with Gasteiger partial charge in [-0.05, 0) is 0 Å². The highest BCUT2D eigenvalue weighted by Gasteiger charge is 2.03. The molecular weight excluding hydrogens is 116 g/mol. The van der Waals surface area contributed by atoms with Crippen LogP contribution in [0.2, 0.25) is 0 Å². The second-order valence-corrected chi connectivity index (χ2v) is 2.30. The molecule has 0 bridgehead atoms. The van der Waals surface area contributed by atoms with Gasteiger partial charge in [0.15, 0.2) is 0 Å². The number of carbonyl (C=O) groups excluding carboxylic acids is 1. The third-order valence-corrected chi connectivity index (χ3v) is 0.966. The molecular formula is C6H14N2O. The number of nitrogens with one attached hydrogen (secondary N) is 1. The summed E-state index contributed by atoms with van der Waals surface area (Å²) in [5.41, 5.74) is 5.24. The molecule has 1 atom stereocenters. The largest absolute Gasteiger partial charge is 0.328 e. The smallest absolute Gasteiger partial charge is 0.138 e. The van der Waals surface area contributed by atoms with Gasteiger partial charge in [0.2, 0.25) is 0 Å². The fourth-order valence-corrected chi connectivity index (χ4v) is 0.591. The van der Waals surface area contributed by atoms with E-state index in [0.29, 0.717) is 12.6 Å². The van der Waals surface area contributed by atoms with Crippen LogP contribution in [-0.4, -0.2) is 24.9 Å². The maximum Gasteiger partial charge on any atom is 0.138 e. The van der Waals surface area contributed by atoms with Crippen LogP contribution in [0, 0.1) is 0 Å². The number of aldehydes is 1. The second-order valence-electron chi connectivity index (χ2n) is 2.30. The Labute approximate surface area is 55.6 Å². The minimum Gasteiger partial charge on any atom is -0.328 e. The van der Waals surface area contributed by atoms with Crippen LogP contribution >= 0.6 is 0 Å². The fourth-order valence-electron chi connectivity index (χ4n) is 0.591. The van der Waals surface area contributed by atoms with Gasteiger partial charge in [-0.2, -0.15) is 0 Å².